The summed E-state index contributed by atoms with van der Waals surface area (Å²) >= 11 is 0. The zero-order valence-electron chi connectivity index (χ0n) is 14.6. The van der Waals surface area contributed by atoms with Gasteiger partial charge in [-0.2, -0.15) is 0 Å². The molecule has 0 aromatic heterocycles. The standard InChI is InChI=1S/C18H28N4O2.HI/c19-18(20-12-15(23)13-22-8-10-24-11-9-22)21-17-7-3-5-14-4-1-2-6-16(14)17;/h3,5,7,15,23H,1-2,4,6,8-13H2,(H3,19,20,21);1H. The maximum absolute atomic E-state index is 10.1. The van der Waals surface area contributed by atoms with Crippen molar-refractivity contribution in [3.63, 3.8) is 0 Å². The lowest BCUT2D eigenvalue weighted by atomic mass is 9.90. The molecule has 1 unspecified atom stereocenters. The Bertz CT molecular complexity index is 576. The molecule has 1 aromatic carbocycles. The van der Waals surface area contributed by atoms with E-state index in [4.69, 9.17) is 10.5 Å². The number of aliphatic imine (C=N–C) groups is 1. The number of fused-ring (bicyclic) bond motifs is 1. The van der Waals surface area contributed by atoms with Crippen LogP contribution in [0.25, 0.3) is 0 Å². The highest BCUT2D eigenvalue weighted by atomic mass is 127. The van der Waals surface area contributed by atoms with Crippen molar-refractivity contribution < 1.29 is 9.84 Å². The summed E-state index contributed by atoms with van der Waals surface area (Å²) in [5, 5.41) is 13.3. The number of aliphatic hydroxyl groups is 1. The number of hydrogen-bond donors (Lipinski definition) is 3. The molecule has 1 saturated heterocycles. The van der Waals surface area contributed by atoms with Gasteiger partial charge in [0.05, 0.1) is 25.9 Å². The third-order valence-corrected chi connectivity index (χ3v) is 4.70. The summed E-state index contributed by atoms with van der Waals surface area (Å²) in [7, 11) is 0. The summed E-state index contributed by atoms with van der Waals surface area (Å²) in [6.45, 7) is 4.12. The van der Waals surface area contributed by atoms with E-state index in [-0.39, 0.29) is 24.0 Å². The number of hydrogen-bond acceptors (Lipinski definition) is 4. The molecule has 1 aromatic rings. The van der Waals surface area contributed by atoms with E-state index in [2.05, 4.69) is 33.4 Å². The topological polar surface area (TPSA) is 83.1 Å². The number of benzene rings is 1. The van der Waals surface area contributed by atoms with Crippen molar-refractivity contribution in [1.82, 2.24) is 4.90 Å². The van der Waals surface area contributed by atoms with Crippen molar-refractivity contribution in [2.24, 2.45) is 10.7 Å². The van der Waals surface area contributed by atoms with Crippen LogP contribution in [0.3, 0.4) is 0 Å². The highest BCUT2D eigenvalue weighted by molar-refractivity contribution is 14.0. The second-order valence-electron chi connectivity index (χ2n) is 6.57. The van der Waals surface area contributed by atoms with Gasteiger partial charge in [-0.1, -0.05) is 12.1 Å². The molecule has 6 nitrogen and oxygen atoms in total. The van der Waals surface area contributed by atoms with Gasteiger partial charge in [-0.25, -0.2) is 0 Å². The second kappa shape index (κ2) is 10.3. The van der Waals surface area contributed by atoms with Gasteiger partial charge >= 0.3 is 0 Å². The fourth-order valence-electron chi connectivity index (χ4n) is 3.42. The molecule has 1 aliphatic carbocycles. The molecule has 7 heteroatoms. The molecule has 0 bridgehead atoms. The van der Waals surface area contributed by atoms with Gasteiger partial charge in [0, 0.05) is 25.3 Å². The van der Waals surface area contributed by atoms with E-state index in [1.807, 2.05) is 0 Å². The molecule has 2 aliphatic rings. The minimum absolute atomic E-state index is 0. The van der Waals surface area contributed by atoms with E-state index >= 15 is 0 Å². The first kappa shape index (κ1) is 20.4. The van der Waals surface area contributed by atoms with Gasteiger partial charge < -0.3 is 20.9 Å². The van der Waals surface area contributed by atoms with E-state index in [1.165, 1.54) is 24.0 Å². The largest absolute Gasteiger partial charge is 0.390 e. The Morgan fingerprint density at radius 3 is 2.84 bits per heavy atom. The van der Waals surface area contributed by atoms with Crippen molar-refractivity contribution >= 4 is 35.6 Å². The van der Waals surface area contributed by atoms with Crippen LogP contribution in [0.4, 0.5) is 5.69 Å². The number of nitrogens with two attached hydrogens (primary N) is 1. The molecule has 0 amide bonds. The Morgan fingerprint density at radius 2 is 2.04 bits per heavy atom. The normalized spacial score (nSPS) is 19.6. The number of rotatable bonds is 5. The minimum Gasteiger partial charge on any atom is -0.390 e. The predicted molar refractivity (Wildman–Crippen MR) is 112 cm³/mol. The van der Waals surface area contributed by atoms with Gasteiger partial charge in [0.15, 0.2) is 5.96 Å². The first-order chi connectivity index (χ1) is 11.7. The number of nitrogens with one attached hydrogen (secondary N) is 1. The number of ether oxygens (including phenoxy) is 1. The molecule has 1 aliphatic heterocycles. The monoisotopic (exact) mass is 460 g/mol. The summed E-state index contributed by atoms with van der Waals surface area (Å²) in [6.07, 6.45) is 4.20. The number of β-amino-alcohol motifs (C(OH)–C–C–N with tert-alkyl or cyclic N) is 1. The SMILES string of the molecule is I.NC(=NCC(O)CN1CCOCC1)Nc1cccc2c1CCCC2. The van der Waals surface area contributed by atoms with Crippen LogP contribution in [-0.2, 0) is 17.6 Å². The number of aliphatic hydroxyl groups excluding tert-OH is 1. The molecule has 25 heavy (non-hydrogen) atoms. The molecule has 1 fully saturated rings. The van der Waals surface area contributed by atoms with E-state index < -0.39 is 6.10 Å². The number of guanidine groups is 1. The Balaban J connectivity index is 0.00000225. The Morgan fingerprint density at radius 1 is 1.28 bits per heavy atom. The van der Waals surface area contributed by atoms with Crippen LogP contribution in [0, 0.1) is 0 Å². The Labute approximate surface area is 166 Å². The zero-order valence-corrected chi connectivity index (χ0v) is 16.9. The van der Waals surface area contributed by atoms with Gasteiger partial charge in [0.1, 0.15) is 0 Å². The van der Waals surface area contributed by atoms with E-state index in [9.17, 15) is 5.11 Å². The zero-order chi connectivity index (χ0) is 16.8. The lowest BCUT2D eigenvalue weighted by Crippen LogP contribution is -2.42. The van der Waals surface area contributed by atoms with Crippen LogP contribution in [0.5, 0.6) is 0 Å². The van der Waals surface area contributed by atoms with Gasteiger partial charge in [0.2, 0.25) is 0 Å². The second-order valence-corrected chi connectivity index (χ2v) is 6.57. The summed E-state index contributed by atoms with van der Waals surface area (Å²) in [5.41, 5.74) is 9.83. The average Bonchev–Trinajstić information content (AvgIpc) is 2.61. The molecular weight excluding hydrogens is 431 g/mol. The van der Waals surface area contributed by atoms with Crippen LogP contribution >= 0.6 is 24.0 Å². The molecule has 3 rings (SSSR count). The lowest BCUT2D eigenvalue weighted by molar-refractivity contribution is 0.0165. The number of halogens is 1. The first-order valence-corrected chi connectivity index (χ1v) is 8.88. The number of morpholine rings is 1. The van der Waals surface area contributed by atoms with Crippen LogP contribution in [-0.4, -0.2) is 61.5 Å². The molecule has 0 spiro atoms. The van der Waals surface area contributed by atoms with Gasteiger partial charge in [0.25, 0.3) is 0 Å². The molecule has 140 valence electrons. The van der Waals surface area contributed by atoms with E-state index in [0.29, 0.717) is 19.0 Å². The maximum atomic E-state index is 10.1. The van der Waals surface area contributed by atoms with Gasteiger partial charge in [-0.15, -0.1) is 24.0 Å². The lowest BCUT2D eigenvalue weighted by Gasteiger charge is -2.28. The van der Waals surface area contributed by atoms with Gasteiger partial charge in [-0.05, 0) is 42.9 Å². The van der Waals surface area contributed by atoms with Crippen LogP contribution in [0.1, 0.15) is 24.0 Å². The van der Waals surface area contributed by atoms with E-state index in [0.717, 1.165) is 44.8 Å². The summed E-state index contributed by atoms with van der Waals surface area (Å²) in [4.78, 5) is 6.50. The fraction of sp³-hybridized carbons (Fsp3) is 0.611. The average molecular weight is 460 g/mol. The summed E-state index contributed by atoms with van der Waals surface area (Å²) in [5.74, 6) is 0.370. The molecular formula is C18H29IN4O2. The summed E-state index contributed by atoms with van der Waals surface area (Å²) < 4.78 is 5.31. The number of nitrogens with zero attached hydrogens (tertiary/aromatic N) is 2. The Kier molecular flexibility index (Phi) is 8.41. The van der Waals surface area contributed by atoms with Crippen molar-refractivity contribution in [2.45, 2.75) is 31.8 Å². The van der Waals surface area contributed by atoms with Crippen molar-refractivity contribution in [2.75, 3.05) is 44.7 Å². The number of anilines is 1. The predicted octanol–water partition coefficient (Wildman–Crippen LogP) is 1.60. The molecule has 1 heterocycles. The quantitative estimate of drug-likeness (QED) is 0.353. The molecule has 4 N–H and O–H groups in total. The van der Waals surface area contributed by atoms with Crippen molar-refractivity contribution in [3.05, 3.63) is 29.3 Å². The van der Waals surface area contributed by atoms with E-state index in [1.54, 1.807) is 0 Å². The fourth-order valence-corrected chi connectivity index (χ4v) is 3.42. The van der Waals surface area contributed by atoms with Crippen LogP contribution in [0.2, 0.25) is 0 Å². The smallest absolute Gasteiger partial charge is 0.193 e. The minimum atomic E-state index is -0.506. The van der Waals surface area contributed by atoms with Crippen molar-refractivity contribution in [1.29, 1.82) is 0 Å². The number of aryl methyl sites for hydroxylation is 1. The Hall–Kier alpha value is -0.900. The highest BCUT2D eigenvalue weighted by Crippen LogP contribution is 2.27. The first-order valence-electron chi connectivity index (χ1n) is 8.88. The third-order valence-electron chi connectivity index (χ3n) is 4.70. The van der Waals surface area contributed by atoms with Crippen LogP contribution < -0.4 is 11.1 Å². The highest BCUT2D eigenvalue weighted by Gasteiger charge is 2.15. The third kappa shape index (κ3) is 6.09. The summed E-state index contributed by atoms with van der Waals surface area (Å²) in [6, 6.07) is 6.31. The maximum Gasteiger partial charge on any atom is 0.193 e. The molecule has 0 saturated carbocycles. The van der Waals surface area contributed by atoms with Crippen LogP contribution in [0.15, 0.2) is 23.2 Å². The molecule has 0 radical (unpaired) electrons. The van der Waals surface area contributed by atoms with Gasteiger partial charge in [-0.3, -0.25) is 9.89 Å². The molecule has 1 atom stereocenters. The van der Waals surface area contributed by atoms with Crippen molar-refractivity contribution in [3.8, 4) is 0 Å².